The maximum absolute atomic E-state index is 13.5. The van der Waals surface area contributed by atoms with Gasteiger partial charge in [-0.2, -0.15) is 13.2 Å². The number of amides is 2. The number of fused-ring (bicyclic) bond motifs is 1. The third-order valence-corrected chi connectivity index (χ3v) is 8.18. The lowest BCUT2D eigenvalue weighted by Gasteiger charge is -2.34. The Morgan fingerprint density at radius 1 is 1.16 bits per heavy atom. The van der Waals surface area contributed by atoms with Crippen molar-refractivity contribution in [1.29, 1.82) is 0 Å². The molecule has 0 aromatic heterocycles. The number of hydrogen-bond acceptors (Lipinski definition) is 7. The first-order valence-corrected chi connectivity index (χ1v) is 15.1. The minimum atomic E-state index is -4.39. The first-order chi connectivity index (χ1) is 20.9. The van der Waals surface area contributed by atoms with Crippen molar-refractivity contribution in [3.05, 3.63) is 59.2 Å². The number of aliphatic hydroxyl groups excluding tert-OH is 1. The average molecular weight is 621 g/mol. The minimum Gasteiger partial charge on any atom is -0.488 e. The third-order valence-electron chi connectivity index (χ3n) is 8.18. The summed E-state index contributed by atoms with van der Waals surface area (Å²) in [5, 5.41) is 12.8. The molecule has 44 heavy (non-hydrogen) atoms. The number of benzene rings is 2. The molecule has 9 nitrogen and oxygen atoms in total. The molecule has 2 heterocycles. The van der Waals surface area contributed by atoms with E-state index < -0.39 is 17.8 Å². The molecule has 4 rings (SSSR count). The SMILES string of the molecule is C[C@@H]1CN([C@@H](C)CO)C(=O)Cc2cc(NC(=O)CCN3CCOCC3)ccc2O[C@H]1CN(C)Cc1ccc(C(F)(F)F)cc1. The summed E-state index contributed by atoms with van der Waals surface area (Å²) in [5.41, 5.74) is 1.23. The van der Waals surface area contributed by atoms with Crippen LogP contribution in [0.5, 0.6) is 5.75 Å². The minimum absolute atomic E-state index is 0.0397. The number of hydrogen-bond donors (Lipinski definition) is 2. The van der Waals surface area contributed by atoms with Gasteiger partial charge >= 0.3 is 6.18 Å². The Hall–Kier alpha value is -3.19. The molecule has 1 saturated heterocycles. The normalized spacial score (nSPS) is 20.7. The van der Waals surface area contributed by atoms with E-state index in [0.717, 1.165) is 30.8 Å². The fourth-order valence-corrected chi connectivity index (χ4v) is 5.52. The van der Waals surface area contributed by atoms with Crippen molar-refractivity contribution in [2.24, 2.45) is 5.92 Å². The lowest BCUT2D eigenvalue weighted by atomic mass is 10.0. The molecule has 0 radical (unpaired) electrons. The van der Waals surface area contributed by atoms with Gasteiger partial charge in [0.25, 0.3) is 0 Å². The molecule has 2 aromatic rings. The van der Waals surface area contributed by atoms with Crippen molar-refractivity contribution in [1.82, 2.24) is 14.7 Å². The van der Waals surface area contributed by atoms with Gasteiger partial charge in [0, 0.05) is 62.9 Å². The van der Waals surface area contributed by atoms with Crippen molar-refractivity contribution in [2.45, 2.75) is 51.6 Å². The van der Waals surface area contributed by atoms with Crippen LogP contribution in [0.3, 0.4) is 0 Å². The van der Waals surface area contributed by atoms with Gasteiger partial charge in [-0.25, -0.2) is 0 Å². The molecule has 0 bridgehead atoms. The first kappa shape index (κ1) is 33.7. The van der Waals surface area contributed by atoms with Crippen LogP contribution in [0.25, 0.3) is 0 Å². The first-order valence-electron chi connectivity index (χ1n) is 15.1. The summed E-state index contributed by atoms with van der Waals surface area (Å²) in [6, 6.07) is 10.00. The summed E-state index contributed by atoms with van der Waals surface area (Å²) < 4.78 is 50.9. The molecular weight excluding hydrogens is 577 g/mol. The summed E-state index contributed by atoms with van der Waals surface area (Å²) in [4.78, 5) is 32.0. The number of halogens is 3. The smallest absolute Gasteiger partial charge is 0.416 e. The van der Waals surface area contributed by atoms with E-state index in [9.17, 15) is 27.9 Å². The molecule has 12 heteroatoms. The highest BCUT2D eigenvalue weighted by Crippen LogP contribution is 2.31. The van der Waals surface area contributed by atoms with Gasteiger partial charge in [-0.15, -0.1) is 0 Å². The Balaban J connectivity index is 1.49. The number of morpholine rings is 1. The standard InChI is InChI=1S/C32H43F3N4O5/c1-22-18-39(23(2)21-40)31(42)17-25-16-27(36-30(41)10-11-38-12-14-43-15-13-38)8-9-28(25)44-29(22)20-37(3)19-24-4-6-26(7-5-24)32(33,34)35/h4-9,16,22-23,29,40H,10-15,17-21H2,1-3H3,(H,36,41)/t22-,23+,29+/m1/s1. The van der Waals surface area contributed by atoms with E-state index in [0.29, 0.717) is 62.8 Å². The van der Waals surface area contributed by atoms with Crippen molar-refractivity contribution >= 4 is 17.5 Å². The van der Waals surface area contributed by atoms with E-state index in [1.807, 2.05) is 18.9 Å². The molecular formula is C32H43F3N4O5. The van der Waals surface area contributed by atoms with Crippen LogP contribution in [0, 0.1) is 5.92 Å². The number of nitrogens with zero attached hydrogens (tertiary/aromatic N) is 3. The largest absolute Gasteiger partial charge is 0.488 e. The van der Waals surface area contributed by atoms with Crippen LogP contribution < -0.4 is 10.1 Å². The number of carbonyl (C=O) groups is 2. The zero-order chi connectivity index (χ0) is 31.9. The summed E-state index contributed by atoms with van der Waals surface area (Å²) in [7, 11) is 1.87. The van der Waals surface area contributed by atoms with Gasteiger partial charge in [0.2, 0.25) is 11.8 Å². The van der Waals surface area contributed by atoms with Crippen molar-refractivity contribution in [2.75, 3.05) is 64.9 Å². The Kier molecular flexibility index (Phi) is 11.6. The summed E-state index contributed by atoms with van der Waals surface area (Å²) in [5.74, 6) is 0.118. The fraction of sp³-hybridized carbons (Fsp3) is 0.562. The zero-order valence-corrected chi connectivity index (χ0v) is 25.6. The van der Waals surface area contributed by atoms with Crippen LogP contribution >= 0.6 is 0 Å². The molecule has 3 atom stereocenters. The second-order valence-electron chi connectivity index (χ2n) is 11.9. The fourth-order valence-electron chi connectivity index (χ4n) is 5.52. The number of carbonyl (C=O) groups excluding carboxylic acids is 2. The molecule has 242 valence electrons. The lowest BCUT2D eigenvalue weighted by molar-refractivity contribution is -0.137. The number of anilines is 1. The topological polar surface area (TPSA) is 94.6 Å². The van der Waals surface area contributed by atoms with Crippen LogP contribution in [0.15, 0.2) is 42.5 Å². The van der Waals surface area contributed by atoms with E-state index in [1.54, 1.807) is 30.0 Å². The highest BCUT2D eigenvalue weighted by molar-refractivity contribution is 5.91. The van der Waals surface area contributed by atoms with Crippen molar-refractivity contribution < 1.29 is 37.3 Å². The number of alkyl halides is 3. The molecule has 0 unspecified atom stereocenters. The Morgan fingerprint density at radius 3 is 2.52 bits per heavy atom. The number of ether oxygens (including phenoxy) is 2. The third kappa shape index (κ3) is 9.40. The van der Waals surface area contributed by atoms with Gasteiger partial charge in [-0.3, -0.25) is 19.4 Å². The summed E-state index contributed by atoms with van der Waals surface area (Å²) in [6.07, 6.45) is -4.39. The predicted octanol–water partition coefficient (Wildman–Crippen LogP) is 3.65. The van der Waals surface area contributed by atoms with Gasteiger partial charge in [0.1, 0.15) is 11.9 Å². The average Bonchev–Trinajstić information content (AvgIpc) is 3.03. The van der Waals surface area contributed by atoms with E-state index >= 15 is 0 Å². The number of nitrogens with one attached hydrogen (secondary N) is 1. The summed E-state index contributed by atoms with van der Waals surface area (Å²) >= 11 is 0. The van der Waals surface area contributed by atoms with Crippen LogP contribution in [0.1, 0.15) is 37.0 Å². The molecule has 2 aliphatic heterocycles. The maximum Gasteiger partial charge on any atom is 0.416 e. The second kappa shape index (κ2) is 15.2. The van der Waals surface area contributed by atoms with Crippen LogP contribution in [0.2, 0.25) is 0 Å². The van der Waals surface area contributed by atoms with Crippen LogP contribution in [-0.4, -0.2) is 103 Å². The maximum atomic E-state index is 13.5. The molecule has 1 fully saturated rings. The zero-order valence-electron chi connectivity index (χ0n) is 25.6. The molecule has 2 aromatic carbocycles. The summed E-state index contributed by atoms with van der Waals surface area (Å²) in [6.45, 7) is 8.35. The van der Waals surface area contributed by atoms with Gasteiger partial charge in [0.05, 0.1) is 37.8 Å². The molecule has 2 N–H and O–H groups in total. The Labute approximate surface area is 256 Å². The number of rotatable bonds is 10. The van der Waals surface area contributed by atoms with Crippen molar-refractivity contribution in [3.63, 3.8) is 0 Å². The monoisotopic (exact) mass is 620 g/mol. The second-order valence-corrected chi connectivity index (χ2v) is 11.9. The van der Waals surface area contributed by atoms with Gasteiger partial charge in [-0.05, 0) is 49.9 Å². The van der Waals surface area contributed by atoms with E-state index in [4.69, 9.17) is 9.47 Å². The van der Waals surface area contributed by atoms with Crippen LogP contribution in [0.4, 0.5) is 18.9 Å². The van der Waals surface area contributed by atoms with E-state index in [1.165, 1.54) is 12.1 Å². The highest BCUT2D eigenvalue weighted by atomic mass is 19.4. The highest BCUT2D eigenvalue weighted by Gasteiger charge is 2.32. The predicted molar refractivity (Wildman–Crippen MR) is 160 cm³/mol. The number of likely N-dealkylation sites (N-methyl/N-ethyl adjacent to an activating group) is 1. The number of aliphatic hydroxyl groups is 1. The molecule has 2 amide bonds. The van der Waals surface area contributed by atoms with Crippen molar-refractivity contribution in [3.8, 4) is 5.75 Å². The van der Waals surface area contributed by atoms with Gasteiger partial charge in [0.15, 0.2) is 0 Å². The molecule has 0 saturated carbocycles. The van der Waals surface area contributed by atoms with E-state index in [-0.39, 0.29) is 36.9 Å². The molecule has 2 aliphatic rings. The lowest BCUT2D eigenvalue weighted by Crippen LogP contribution is -2.47. The van der Waals surface area contributed by atoms with Gasteiger partial charge < -0.3 is 24.8 Å². The Bertz CT molecular complexity index is 1250. The molecule has 0 aliphatic carbocycles. The van der Waals surface area contributed by atoms with E-state index in [2.05, 4.69) is 10.2 Å². The Morgan fingerprint density at radius 2 is 1.86 bits per heavy atom. The quantitative estimate of drug-likeness (QED) is 0.419. The van der Waals surface area contributed by atoms with Crippen LogP contribution in [-0.2, 0) is 33.5 Å². The molecule has 0 spiro atoms. The van der Waals surface area contributed by atoms with Gasteiger partial charge in [-0.1, -0.05) is 19.1 Å².